The number of pyridine rings is 1. The molecule has 1 aromatic carbocycles. The SMILES string of the molecule is COCCN(C)CCCNC(=O)c1cc(Cl)cc2cccnc12. The van der Waals surface area contributed by atoms with Crippen LogP contribution in [0.2, 0.25) is 5.02 Å². The van der Waals surface area contributed by atoms with Crippen LogP contribution in [0.3, 0.4) is 0 Å². The van der Waals surface area contributed by atoms with E-state index in [1.54, 1.807) is 19.4 Å². The van der Waals surface area contributed by atoms with Gasteiger partial charge < -0.3 is 15.0 Å². The van der Waals surface area contributed by atoms with Gasteiger partial charge in [0.15, 0.2) is 0 Å². The van der Waals surface area contributed by atoms with Crippen LogP contribution in [-0.4, -0.2) is 56.2 Å². The fourth-order valence-electron chi connectivity index (χ4n) is 2.33. The number of aromatic nitrogens is 1. The molecule has 0 bridgehead atoms. The van der Waals surface area contributed by atoms with Crippen molar-refractivity contribution in [3.05, 3.63) is 41.0 Å². The number of nitrogens with zero attached hydrogens (tertiary/aromatic N) is 2. The molecular weight excluding hydrogens is 314 g/mol. The van der Waals surface area contributed by atoms with Gasteiger partial charge in [-0.05, 0) is 38.2 Å². The van der Waals surface area contributed by atoms with E-state index in [1.807, 2.05) is 25.2 Å². The molecule has 0 aliphatic rings. The van der Waals surface area contributed by atoms with Crippen LogP contribution in [0.5, 0.6) is 0 Å². The standard InChI is InChI=1S/C17H22ClN3O2/c1-21(9-10-23-2)8-4-7-20-17(22)15-12-14(18)11-13-5-3-6-19-16(13)15/h3,5-6,11-12H,4,7-10H2,1-2H3,(H,20,22). The fraction of sp³-hybridized carbons (Fsp3) is 0.412. The van der Waals surface area contributed by atoms with Crippen LogP contribution in [0, 0.1) is 0 Å². The van der Waals surface area contributed by atoms with Gasteiger partial charge in [-0.2, -0.15) is 0 Å². The third-order valence-corrected chi connectivity index (χ3v) is 3.81. The maximum absolute atomic E-state index is 12.4. The molecule has 0 radical (unpaired) electrons. The molecule has 2 rings (SSSR count). The molecule has 0 saturated heterocycles. The summed E-state index contributed by atoms with van der Waals surface area (Å²) in [5.74, 6) is -0.143. The number of likely N-dealkylation sites (N-methyl/N-ethyl adjacent to an activating group) is 1. The first-order valence-electron chi connectivity index (χ1n) is 7.62. The number of carbonyl (C=O) groups excluding carboxylic acids is 1. The summed E-state index contributed by atoms with van der Waals surface area (Å²) in [6.07, 6.45) is 2.55. The third-order valence-electron chi connectivity index (χ3n) is 3.59. The minimum Gasteiger partial charge on any atom is -0.383 e. The van der Waals surface area contributed by atoms with E-state index in [0.717, 1.165) is 24.9 Å². The van der Waals surface area contributed by atoms with Gasteiger partial charge in [0.25, 0.3) is 5.91 Å². The van der Waals surface area contributed by atoms with Crippen LogP contribution in [0.1, 0.15) is 16.8 Å². The Morgan fingerprint density at radius 1 is 1.39 bits per heavy atom. The molecule has 0 fully saturated rings. The number of hydrogen-bond donors (Lipinski definition) is 1. The average molecular weight is 336 g/mol. The van der Waals surface area contributed by atoms with E-state index < -0.39 is 0 Å². The second kappa shape index (κ2) is 8.82. The Hall–Kier alpha value is -1.69. The molecule has 124 valence electrons. The Morgan fingerprint density at radius 3 is 3.00 bits per heavy atom. The number of amides is 1. The Labute approximate surface area is 141 Å². The second-order valence-electron chi connectivity index (χ2n) is 5.43. The lowest BCUT2D eigenvalue weighted by molar-refractivity contribution is 0.0952. The third kappa shape index (κ3) is 5.16. The fourth-order valence-corrected chi connectivity index (χ4v) is 2.56. The summed E-state index contributed by atoms with van der Waals surface area (Å²) in [4.78, 5) is 18.8. The van der Waals surface area contributed by atoms with E-state index >= 15 is 0 Å². The number of methoxy groups -OCH3 is 1. The maximum atomic E-state index is 12.4. The summed E-state index contributed by atoms with van der Waals surface area (Å²) in [6, 6.07) is 7.20. The van der Waals surface area contributed by atoms with Crippen molar-refractivity contribution in [3.8, 4) is 0 Å². The van der Waals surface area contributed by atoms with E-state index in [-0.39, 0.29) is 5.91 Å². The number of fused-ring (bicyclic) bond motifs is 1. The zero-order valence-electron chi connectivity index (χ0n) is 13.5. The Morgan fingerprint density at radius 2 is 2.22 bits per heavy atom. The molecule has 6 heteroatoms. The lowest BCUT2D eigenvalue weighted by atomic mass is 10.1. The summed E-state index contributed by atoms with van der Waals surface area (Å²) in [5, 5.41) is 4.34. The Balaban J connectivity index is 1.91. The van der Waals surface area contributed by atoms with Gasteiger partial charge in [0, 0.05) is 36.8 Å². The summed E-state index contributed by atoms with van der Waals surface area (Å²) in [7, 11) is 3.73. The number of carbonyl (C=O) groups is 1. The van der Waals surface area contributed by atoms with Crippen molar-refractivity contribution in [1.82, 2.24) is 15.2 Å². The van der Waals surface area contributed by atoms with Crippen molar-refractivity contribution in [2.45, 2.75) is 6.42 Å². The highest BCUT2D eigenvalue weighted by molar-refractivity contribution is 6.32. The first-order chi connectivity index (χ1) is 11.1. The molecule has 2 aromatic rings. The summed E-state index contributed by atoms with van der Waals surface area (Å²) >= 11 is 6.09. The minimum atomic E-state index is -0.143. The molecule has 0 aliphatic heterocycles. The van der Waals surface area contributed by atoms with Gasteiger partial charge in [-0.25, -0.2) is 0 Å². The number of hydrogen-bond acceptors (Lipinski definition) is 4. The lowest BCUT2D eigenvalue weighted by Crippen LogP contribution is -2.29. The molecule has 1 aromatic heterocycles. The van der Waals surface area contributed by atoms with Gasteiger partial charge in [0.05, 0.1) is 17.7 Å². The molecule has 0 atom stereocenters. The number of nitrogens with one attached hydrogen (secondary N) is 1. The Bertz CT molecular complexity index is 663. The normalized spacial score (nSPS) is 11.1. The van der Waals surface area contributed by atoms with Crippen LogP contribution in [0.25, 0.3) is 10.9 Å². The largest absolute Gasteiger partial charge is 0.383 e. The molecule has 23 heavy (non-hydrogen) atoms. The molecular formula is C17H22ClN3O2. The average Bonchev–Trinajstić information content (AvgIpc) is 2.55. The first kappa shape index (κ1) is 17.7. The predicted molar refractivity (Wildman–Crippen MR) is 93.1 cm³/mol. The van der Waals surface area contributed by atoms with Gasteiger partial charge in [-0.3, -0.25) is 9.78 Å². The molecule has 0 saturated carbocycles. The number of benzene rings is 1. The summed E-state index contributed by atoms with van der Waals surface area (Å²) in [5.41, 5.74) is 1.19. The highest BCUT2D eigenvalue weighted by Crippen LogP contribution is 2.22. The van der Waals surface area contributed by atoms with Gasteiger partial charge >= 0.3 is 0 Å². The minimum absolute atomic E-state index is 0.143. The highest BCUT2D eigenvalue weighted by Gasteiger charge is 2.12. The van der Waals surface area contributed by atoms with Crippen LogP contribution in [-0.2, 0) is 4.74 Å². The smallest absolute Gasteiger partial charge is 0.253 e. The van der Waals surface area contributed by atoms with E-state index in [2.05, 4.69) is 15.2 Å². The zero-order valence-corrected chi connectivity index (χ0v) is 14.3. The first-order valence-corrected chi connectivity index (χ1v) is 7.99. The molecule has 5 nitrogen and oxygen atoms in total. The van der Waals surface area contributed by atoms with Crippen LogP contribution in [0.4, 0.5) is 0 Å². The maximum Gasteiger partial charge on any atom is 0.253 e. The van der Waals surface area contributed by atoms with Gasteiger partial charge in [-0.1, -0.05) is 17.7 Å². The predicted octanol–water partition coefficient (Wildman–Crippen LogP) is 2.59. The summed E-state index contributed by atoms with van der Waals surface area (Å²) < 4.78 is 5.04. The number of halogens is 1. The molecule has 0 aliphatic carbocycles. The van der Waals surface area contributed by atoms with Crippen molar-refractivity contribution in [3.63, 3.8) is 0 Å². The van der Waals surface area contributed by atoms with Crippen molar-refractivity contribution < 1.29 is 9.53 Å². The molecule has 1 heterocycles. The molecule has 0 spiro atoms. The van der Waals surface area contributed by atoms with Crippen LogP contribution in [0.15, 0.2) is 30.5 Å². The van der Waals surface area contributed by atoms with E-state index in [0.29, 0.717) is 29.3 Å². The number of rotatable bonds is 8. The van der Waals surface area contributed by atoms with Crippen molar-refractivity contribution in [2.75, 3.05) is 40.4 Å². The van der Waals surface area contributed by atoms with Gasteiger partial charge in [0.1, 0.15) is 0 Å². The molecule has 1 N–H and O–H groups in total. The monoisotopic (exact) mass is 335 g/mol. The molecule has 0 unspecified atom stereocenters. The topological polar surface area (TPSA) is 54.5 Å². The Kier molecular flexibility index (Phi) is 6.77. The quantitative estimate of drug-likeness (QED) is 0.753. The van der Waals surface area contributed by atoms with Crippen molar-refractivity contribution >= 4 is 28.4 Å². The zero-order chi connectivity index (χ0) is 16.7. The van der Waals surface area contributed by atoms with Crippen molar-refractivity contribution in [1.29, 1.82) is 0 Å². The van der Waals surface area contributed by atoms with E-state index in [4.69, 9.17) is 16.3 Å². The van der Waals surface area contributed by atoms with Crippen LogP contribution >= 0.6 is 11.6 Å². The van der Waals surface area contributed by atoms with Crippen molar-refractivity contribution in [2.24, 2.45) is 0 Å². The van der Waals surface area contributed by atoms with Gasteiger partial charge in [-0.15, -0.1) is 0 Å². The second-order valence-corrected chi connectivity index (χ2v) is 5.87. The van der Waals surface area contributed by atoms with Crippen LogP contribution < -0.4 is 5.32 Å². The number of ether oxygens (including phenoxy) is 1. The van der Waals surface area contributed by atoms with Gasteiger partial charge in [0.2, 0.25) is 0 Å². The van der Waals surface area contributed by atoms with E-state index in [1.165, 1.54) is 0 Å². The summed E-state index contributed by atoms with van der Waals surface area (Å²) in [6.45, 7) is 3.10. The van der Waals surface area contributed by atoms with E-state index in [9.17, 15) is 4.79 Å². The molecule has 1 amide bonds. The lowest BCUT2D eigenvalue weighted by Gasteiger charge is -2.16. The highest BCUT2D eigenvalue weighted by atomic mass is 35.5.